The van der Waals surface area contributed by atoms with Gasteiger partial charge in [0.1, 0.15) is 0 Å². The fourth-order valence-corrected chi connectivity index (χ4v) is 3.34. The summed E-state index contributed by atoms with van der Waals surface area (Å²) in [6, 6.07) is 0. The van der Waals surface area contributed by atoms with Crippen LogP contribution < -0.4 is 0 Å². The van der Waals surface area contributed by atoms with E-state index in [2.05, 4.69) is 55.4 Å². The van der Waals surface area contributed by atoms with E-state index in [1.54, 1.807) is 0 Å². The van der Waals surface area contributed by atoms with Crippen molar-refractivity contribution < 1.29 is 9.47 Å². The second-order valence-corrected chi connectivity index (χ2v) is 10.2. The van der Waals surface area contributed by atoms with Gasteiger partial charge in [-0.05, 0) is 47.3 Å². The van der Waals surface area contributed by atoms with Gasteiger partial charge in [0, 0.05) is 26.4 Å². The van der Waals surface area contributed by atoms with E-state index in [4.69, 9.17) is 9.47 Å². The van der Waals surface area contributed by atoms with E-state index in [1.165, 1.54) is 25.7 Å². The van der Waals surface area contributed by atoms with Gasteiger partial charge in [0.25, 0.3) is 0 Å². The fourth-order valence-electron chi connectivity index (χ4n) is 3.34. The van der Waals surface area contributed by atoms with Gasteiger partial charge in [-0.1, -0.05) is 68.2 Å². The fraction of sp³-hybridized carbons (Fsp3) is 1.00. The van der Waals surface area contributed by atoms with Crippen LogP contribution in [-0.2, 0) is 9.47 Å². The molecule has 24 heavy (non-hydrogen) atoms. The Hall–Kier alpha value is -0.0800. The maximum absolute atomic E-state index is 6.08. The highest BCUT2D eigenvalue weighted by Gasteiger charge is 2.28. The smallest absolute Gasteiger partial charge is 0.0498 e. The molecule has 0 saturated carbocycles. The van der Waals surface area contributed by atoms with Gasteiger partial charge in [0.05, 0.1) is 0 Å². The van der Waals surface area contributed by atoms with Gasteiger partial charge in [0.2, 0.25) is 0 Å². The SMILES string of the molecule is CC(COCC(C)C(C)(C)CCCC(C)C(C)(C)C)C1CCOC1. The molecular formula is C22H44O2. The summed E-state index contributed by atoms with van der Waals surface area (Å²) in [5.74, 6) is 2.71. The highest BCUT2D eigenvalue weighted by atomic mass is 16.5. The molecule has 0 spiro atoms. The lowest BCUT2D eigenvalue weighted by molar-refractivity contribution is 0.0244. The van der Waals surface area contributed by atoms with Crippen LogP contribution in [0.3, 0.4) is 0 Å². The molecular weight excluding hydrogens is 296 g/mol. The van der Waals surface area contributed by atoms with Crippen LogP contribution >= 0.6 is 0 Å². The lowest BCUT2D eigenvalue weighted by Crippen LogP contribution is -2.28. The van der Waals surface area contributed by atoms with Crippen molar-refractivity contribution >= 4 is 0 Å². The van der Waals surface area contributed by atoms with E-state index >= 15 is 0 Å². The van der Waals surface area contributed by atoms with Crippen molar-refractivity contribution in [1.29, 1.82) is 0 Å². The molecule has 1 aliphatic heterocycles. The molecule has 0 aliphatic carbocycles. The Morgan fingerprint density at radius 1 is 1.00 bits per heavy atom. The molecule has 0 aromatic carbocycles. The van der Waals surface area contributed by atoms with E-state index in [-0.39, 0.29) is 0 Å². The molecule has 1 saturated heterocycles. The Morgan fingerprint density at radius 3 is 2.21 bits per heavy atom. The molecule has 4 atom stereocenters. The zero-order chi connectivity index (χ0) is 18.4. The molecule has 0 bridgehead atoms. The molecule has 0 radical (unpaired) electrons. The molecule has 0 aromatic rings. The highest BCUT2D eigenvalue weighted by molar-refractivity contribution is 4.78. The number of ether oxygens (including phenoxy) is 2. The van der Waals surface area contributed by atoms with Gasteiger partial charge in [-0.15, -0.1) is 0 Å². The summed E-state index contributed by atoms with van der Waals surface area (Å²) in [4.78, 5) is 0. The van der Waals surface area contributed by atoms with Gasteiger partial charge in [-0.25, -0.2) is 0 Å². The van der Waals surface area contributed by atoms with Crippen molar-refractivity contribution in [3.05, 3.63) is 0 Å². The first-order valence-electron chi connectivity index (χ1n) is 10.2. The van der Waals surface area contributed by atoms with Gasteiger partial charge >= 0.3 is 0 Å². The Kier molecular flexibility index (Phi) is 8.76. The predicted octanol–water partition coefficient (Wildman–Crippen LogP) is 6.19. The molecule has 1 rings (SSSR count). The number of rotatable bonds is 10. The Balaban J connectivity index is 2.24. The summed E-state index contributed by atoms with van der Waals surface area (Å²) in [5, 5.41) is 0. The van der Waals surface area contributed by atoms with Gasteiger partial charge in [-0.2, -0.15) is 0 Å². The normalized spacial score (nSPS) is 23.2. The first-order valence-corrected chi connectivity index (χ1v) is 10.2. The summed E-state index contributed by atoms with van der Waals surface area (Å²) >= 11 is 0. The van der Waals surface area contributed by atoms with Gasteiger partial charge in [0.15, 0.2) is 0 Å². The molecule has 144 valence electrons. The topological polar surface area (TPSA) is 18.5 Å². The summed E-state index contributed by atoms with van der Waals surface area (Å²) in [6.07, 6.45) is 5.16. The van der Waals surface area contributed by atoms with Crippen molar-refractivity contribution in [3.8, 4) is 0 Å². The van der Waals surface area contributed by atoms with E-state index < -0.39 is 0 Å². The lowest BCUT2D eigenvalue weighted by Gasteiger charge is -2.34. The minimum atomic E-state index is 0.358. The highest BCUT2D eigenvalue weighted by Crippen LogP contribution is 2.36. The van der Waals surface area contributed by atoms with Crippen LogP contribution in [0, 0.1) is 34.5 Å². The zero-order valence-electron chi connectivity index (χ0n) is 17.8. The summed E-state index contributed by atoms with van der Waals surface area (Å²) in [6.45, 7) is 22.6. The first kappa shape index (κ1) is 22.0. The molecule has 2 nitrogen and oxygen atoms in total. The number of hydrogen-bond donors (Lipinski definition) is 0. The van der Waals surface area contributed by atoms with Crippen molar-refractivity contribution in [2.45, 2.75) is 81.1 Å². The minimum absolute atomic E-state index is 0.358. The summed E-state index contributed by atoms with van der Waals surface area (Å²) in [7, 11) is 0. The van der Waals surface area contributed by atoms with Crippen LogP contribution in [0.25, 0.3) is 0 Å². The van der Waals surface area contributed by atoms with Crippen LogP contribution in [0.15, 0.2) is 0 Å². The third-order valence-corrected chi connectivity index (χ3v) is 6.79. The zero-order valence-corrected chi connectivity index (χ0v) is 17.8. The predicted molar refractivity (Wildman–Crippen MR) is 104 cm³/mol. The molecule has 0 aromatic heterocycles. The van der Waals surface area contributed by atoms with Gasteiger partial charge < -0.3 is 9.47 Å². The average molecular weight is 341 g/mol. The molecule has 0 amide bonds. The van der Waals surface area contributed by atoms with Crippen LogP contribution in [0.2, 0.25) is 0 Å². The van der Waals surface area contributed by atoms with Crippen LogP contribution in [-0.4, -0.2) is 26.4 Å². The first-order chi connectivity index (χ1) is 11.0. The molecule has 1 fully saturated rings. The van der Waals surface area contributed by atoms with Crippen LogP contribution in [0.1, 0.15) is 81.1 Å². The molecule has 1 heterocycles. The molecule has 2 heteroatoms. The molecule has 1 aliphatic rings. The van der Waals surface area contributed by atoms with E-state index in [9.17, 15) is 0 Å². The van der Waals surface area contributed by atoms with E-state index in [0.717, 1.165) is 32.3 Å². The van der Waals surface area contributed by atoms with Crippen molar-refractivity contribution in [2.24, 2.45) is 34.5 Å². The minimum Gasteiger partial charge on any atom is -0.381 e. The maximum Gasteiger partial charge on any atom is 0.0498 e. The van der Waals surface area contributed by atoms with Crippen LogP contribution in [0.5, 0.6) is 0 Å². The third kappa shape index (κ3) is 7.44. The standard InChI is InChI=1S/C22H44O2/c1-17(20-11-13-23-16-20)14-24-15-19(3)22(7,8)12-9-10-18(2)21(4,5)6/h17-20H,9-16H2,1-8H3. The maximum atomic E-state index is 6.08. The average Bonchev–Trinajstić information content (AvgIpc) is 2.99. The second kappa shape index (κ2) is 9.57. The van der Waals surface area contributed by atoms with Crippen molar-refractivity contribution in [2.75, 3.05) is 26.4 Å². The molecule has 0 N–H and O–H groups in total. The Bertz CT molecular complexity index is 336. The Morgan fingerprint density at radius 2 is 1.67 bits per heavy atom. The lowest BCUT2D eigenvalue weighted by atomic mass is 9.74. The van der Waals surface area contributed by atoms with Gasteiger partial charge in [-0.3, -0.25) is 0 Å². The van der Waals surface area contributed by atoms with E-state index in [0.29, 0.717) is 28.6 Å². The Labute approximate surface area is 152 Å². The van der Waals surface area contributed by atoms with E-state index in [1.807, 2.05) is 0 Å². The monoisotopic (exact) mass is 340 g/mol. The van der Waals surface area contributed by atoms with Crippen molar-refractivity contribution in [1.82, 2.24) is 0 Å². The summed E-state index contributed by atoms with van der Waals surface area (Å²) < 4.78 is 11.6. The largest absolute Gasteiger partial charge is 0.381 e. The summed E-state index contributed by atoms with van der Waals surface area (Å²) in [5.41, 5.74) is 0.788. The van der Waals surface area contributed by atoms with Crippen LogP contribution in [0.4, 0.5) is 0 Å². The number of hydrogen-bond acceptors (Lipinski definition) is 2. The van der Waals surface area contributed by atoms with Crippen molar-refractivity contribution in [3.63, 3.8) is 0 Å². The third-order valence-electron chi connectivity index (χ3n) is 6.79. The second-order valence-electron chi connectivity index (χ2n) is 10.2. The molecule has 4 unspecified atom stereocenters. The quantitative estimate of drug-likeness (QED) is 0.472.